The number of hydrogen-bond acceptors (Lipinski definition) is 4. The molecule has 1 amide bonds. The maximum atomic E-state index is 12.9. The van der Waals surface area contributed by atoms with Crippen molar-refractivity contribution in [3.8, 4) is 11.3 Å². The summed E-state index contributed by atoms with van der Waals surface area (Å²) in [6.45, 7) is 0.735. The zero-order valence-corrected chi connectivity index (χ0v) is 13.1. The summed E-state index contributed by atoms with van der Waals surface area (Å²) >= 11 is 0. The minimum absolute atomic E-state index is 0.0334. The second-order valence-electron chi connectivity index (χ2n) is 6.62. The number of carboxylic acids is 1. The number of carbonyl (C=O) groups excluding carboxylic acids is 1. The van der Waals surface area contributed by atoms with Crippen LogP contribution in [-0.2, 0) is 4.79 Å². The van der Waals surface area contributed by atoms with Crippen LogP contribution in [0.5, 0.6) is 0 Å². The smallest absolute Gasteiger partial charge is 0.311 e. The van der Waals surface area contributed by atoms with E-state index in [-0.39, 0.29) is 24.1 Å². The molecule has 7 nitrogen and oxygen atoms in total. The van der Waals surface area contributed by atoms with E-state index >= 15 is 0 Å². The second-order valence-corrected chi connectivity index (χ2v) is 6.62. The number of H-pyrrole nitrogens is 1. The third kappa shape index (κ3) is 2.11. The van der Waals surface area contributed by atoms with Gasteiger partial charge in [-0.2, -0.15) is 15.4 Å². The minimum Gasteiger partial charge on any atom is -0.481 e. The van der Waals surface area contributed by atoms with Crippen molar-refractivity contribution in [1.82, 2.24) is 20.3 Å². The van der Waals surface area contributed by atoms with Crippen LogP contribution in [0.3, 0.4) is 0 Å². The van der Waals surface area contributed by atoms with Gasteiger partial charge in [0.1, 0.15) is 5.69 Å². The standard InChI is InChI=1S/C17H18N4O3/c22-15(14-13(18-20-19-14)11-5-2-1-3-6-11)21-9-12-7-4-8-17(12,10-21)16(23)24/h1-3,5-6,12H,4,7-10H2,(H,23,24)(H,18,19,20)/t12-,17+/m0/s1. The highest BCUT2D eigenvalue weighted by molar-refractivity contribution is 5.98. The summed E-state index contributed by atoms with van der Waals surface area (Å²) in [7, 11) is 0. The summed E-state index contributed by atoms with van der Waals surface area (Å²) in [5, 5.41) is 20.3. The van der Waals surface area contributed by atoms with E-state index in [1.807, 2.05) is 30.3 Å². The first-order valence-corrected chi connectivity index (χ1v) is 8.11. The predicted molar refractivity (Wildman–Crippen MR) is 85.1 cm³/mol. The first-order chi connectivity index (χ1) is 11.6. The van der Waals surface area contributed by atoms with Gasteiger partial charge in [0, 0.05) is 18.7 Å². The SMILES string of the molecule is O=C(c1n[nH]nc1-c1ccccc1)N1C[C@@H]2CCC[C@@]2(C(=O)O)C1. The Morgan fingerprint density at radius 1 is 1.25 bits per heavy atom. The normalized spacial score (nSPS) is 25.7. The lowest BCUT2D eigenvalue weighted by molar-refractivity contribution is -0.149. The van der Waals surface area contributed by atoms with Gasteiger partial charge in [-0.05, 0) is 18.8 Å². The largest absolute Gasteiger partial charge is 0.481 e. The van der Waals surface area contributed by atoms with Gasteiger partial charge >= 0.3 is 5.97 Å². The van der Waals surface area contributed by atoms with Crippen LogP contribution in [0.4, 0.5) is 0 Å². The average molecular weight is 326 g/mol. The first-order valence-electron chi connectivity index (χ1n) is 8.11. The van der Waals surface area contributed by atoms with E-state index in [0.29, 0.717) is 18.7 Å². The number of aromatic amines is 1. The molecule has 1 saturated heterocycles. The van der Waals surface area contributed by atoms with Gasteiger partial charge in [-0.15, -0.1) is 0 Å². The van der Waals surface area contributed by atoms with Crippen molar-refractivity contribution in [3.05, 3.63) is 36.0 Å². The molecule has 4 rings (SSSR count). The van der Waals surface area contributed by atoms with Crippen molar-refractivity contribution in [1.29, 1.82) is 0 Å². The molecule has 2 N–H and O–H groups in total. The van der Waals surface area contributed by atoms with E-state index in [1.54, 1.807) is 4.90 Å². The third-order valence-electron chi connectivity index (χ3n) is 5.38. The Hall–Kier alpha value is -2.70. The number of amides is 1. The van der Waals surface area contributed by atoms with Crippen LogP contribution >= 0.6 is 0 Å². The molecular weight excluding hydrogens is 308 g/mol. The van der Waals surface area contributed by atoms with Crippen LogP contribution in [0.25, 0.3) is 11.3 Å². The number of rotatable bonds is 3. The van der Waals surface area contributed by atoms with E-state index < -0.39 is 11.4 Å². The Kier molecular flexibility index (Phi) is 3.37. The number of aromatic nitrogens is 3. The van der Waals surface area contributed by atoms with Crippen LogP contribution < -0.4 is 0 Å². The molecular formula is C17H18N4O3. The number of hydrogen-bond donors (Lipinski definition) is 2. The molecule has 1 aliphatic carbocycles. The molecule has 24 heavy (non-hydrogen) atoms. The summed E-state index contributed by atoms with van der Waals surface area (Å²) in [4.78, 5) is 26.3. The first kappa shape index (κ1) is 14.9. The molecule has 0 spiro atoms. The van der Waals surface area contributed by atoms with Crippen LogP contribution in [0.15, 0.2) is 30.3 Å². The maximum absolute atomic E-state index is 12.9. The van der Waals surface area contributed by atoms with Gasteiger partial charge in [-0.3, -0.25) is 9.59 Å². The minimum atomic E-state index is -0.788. The van der Waals surface area contributed by atoms with Crippen molar-refractivity contribution >= 4 is 11.9 Å². The van der Waals surface area contributed by atoms with Crippen molar-refractivity contribution < 1.29 is 14.7 Å². The highest BCUT2D eigenvalue weighted by atomic mass is 16.4. The molecule has 0 radical (unpaired) electrons. The van der Waals surface area contributed by atoms with E-state index in [2.05, 4.69) is 15.4 Å². The van der Waals surface area contributed by atoms with Gasteiger partial charge in [-0.25, -0.2) is 0 Å². The van der Waals surface area contributed by atoms with Gasteiger partial charge in [0.15, 0.2) is 5.69 Å². The van der Waals surface area contributed by atoms with Crippen molar-refractivity contribution in [2.24, 2.45) is 11.3 Å². The van der Waals surface area contributed by atoms with E-state index in [1.165, 1.54) is 0 Å². The lowest BCUT2D eigenvalue weighted by Crippen LogP contribution is -2.37. The fourth-order valence-electron chi connectivity index (χ4n) is 4.12. The Morgan fingerprint density at radius 2 is 2.04 bits per heavy atom. The van der Waals surface area contributed by atoms with Crippen LogP contribution in [-0.4, -0.2) is 50.4 Å². The van der Waals surface area contributed by atoms with Gasteiger partial charge in [0.05, 0.1) is 5.41 Å². The molecule has 0 bridgehead atoms. The van der Waals surface area contributed by atoms with Crippen molar-refractivity contribution in [2.45, 2.75) is 19.3 Å². The molecule has 2 fully saturated rings. The number of likely N-dealkylation sites (tertiary alicyclic amines) is 1. The second kappa shape index (κ2) is 5.43. The zero-order valence-electron chi connectivity index (χ0n) is 13.1. The monoisotopic (exact) mass is 326 g/mol. The highest BCUT2D eigenvalue weighted by Gasteiger charge is 2.56. The van der Waals surface area contributed by atoms with Crippen LogP contribution in [0.2, 0.25) is 0 Å². The number of aliphatic carboxylic acids is 1. The fourth-order valence-corrected chi connectivity index (χ4v) is 4.12. The Bertz CT molecular complexity index is 788. The Balaban J connectivity index is 1.63. The number of nitrogens with one attached hydrogen (secondary N) is 1. The number of carbonyl (C=O) groups is 2. The predicted octanol–water partition coefficient (Wildman–Crippen LogP) is 1.80. The van der Waals surface area contributed by atoms with E-state index in [9.17, 15) is 14.7 Å². The van der Waals surface area contributed by atoms with Crippen LogP contribution in [0, 0.1) is 11.3 Å². The van der Waals surface area contributed by atoms with E-state index in [4.69, 9.17) is 0 Å². The molecule has 1 aromatic heterocycles. The summed E-state index contributed by atoms with van der Waals surface area (Å²) in [5.74, 6) is -1.01. The topological polar surface area (TPSA) is 99.2 Å². The number of fused-ring (bicyclic) bond motifs is 1. The Labute approximate surface area is 138 Å². The van der Waals surface area contributed by atoms with Crippen molar-refractivity contribution in [3.63, 3.8) is 0 Å². The molecule has 124 valence electrons. The fraction of sp³-hybridized carbons (Fsp3) is 0.412. The lowest BCUT2D eigenvalue weighted by Gasteiger charge is -2.23. The van der Waals surface area contributed by atoms with Gasteiger partial charge in [0.2, 0.25) is 0 Å². The van der Waals surface area contributed by atoms with Crippen molar-refractivity contribution in [2.75, 3.05) is 13.1 Å². The third-order valence-corrected chi connectivity index (χ3v) is 5.38. The number of benzene rings is 1. The number of carboxylic acid groups (broad SMARTS) is 1. The molecule has 2 aliphatic rings. The lowest BCUT2D eigenvalue weighted by atomic mass is 9.81. The average Bonchev–Trinajstić information content (AvgIpc) is 3.28. The molecule has 0 unspecified atom stereocenters. The quantitative estimate of drug-likeness (QED) is 0.896. The zero-order chi connectivity index (χ0) is 16.7. The number of nitrogens with zero attached hydrogens (tertiary/aromatic N) is 3. The molecule has 1 aromatic carbocycles. The van der Waals surface area contributed by atoms with Crippen LogP contribution in [0.1, 0.15) is 29.8 Å². The van der Waals surface area contributed by atoms with E-state index in [0.717, 1.165) is 18.4 Å². The summed E-state index contributed by atoms with van der Waals surface area (Å²) < 4.78 is 0. The molecule has 2 aromatic rings. The van der Waals surface area contributed by atoms with Gasteiger partial charge < -0.3 is 10.0 Å². The molecule has 2 atom stereocenters. The molecule has 2 heterocycles. The van der Waals surface area contributed by atoms with Gasteiger partial charge in [0.25, 0.3) is 5.91 Å². The Morgan fingerprint density at radius 3 is 2.75 bits per heavy atom. The molecule has 7 heteroatoms. The summed E-state index contributed by atoms with van der Waals surface area (Å²) in [6.07, 6.45) is 2.42. The molecule has 1 saturated carbocycles. The molecule has 1 aliphatic heterocycles. The van der Waals surface area contributed by atoms with Gasteiger partial charge in [-0.1, -0.05) is 36.8 Å². The summed E-state index contributed by atoms with van der Waals surface area (Å²) in [5.41, 5.74) is 0.775. The maximum Gasteiger partial charge on any atom is 0.311 e. The summed E-state index contributed by atoms with van der Waals surface area (Å²) in [6, 6.07) is 9.37. The highest BCUT2D eigenvalue weighted by Crippen LogP contribution is 2.49.